The van der Waals surface area contributed by atoms with E-state index in [9.17, 15) is 9.50 Å². The van der Waals surface area contributed by atoms with E-state index in [0.717, 1.165) is 11.3 Å². The van der Waals surface area contributed by atoms with Gasteiger partial charge in [0.15, 0.2) is 0 Å². The Morgan fingerprint density at radius 2 is 1.96 bits per heavy atom. The number of nitrogens with one attached hydrogen (secondary N) is 1. The molecule has 0 aliphatic heterocycles. The minimum atomic E-state index is -0.411. The van der Waals surface area contributed by atoms with Crippen LogP contribution in [0.25, 0.3) is 0 Å². The second-order valence-corrected chi connectivity index (χ2v) is 5.57. The number of nitrogens with zero attached hydrogens (tertiary/aromatic N) is 1. The van der Waals surface area contributed by atoms with E-state index >= 15 is 0 Å². The number of aliphatic hydroxyl groups excluding tert-OH is 1. The number of aliphatic hydroxyl groups is 1. The average molecular weight is 328 g/mol. The predicted molar refractivity (Wildman–Crippen MR) is 90.1 cm³/mol. The van der Waals surface area contributed by atoms with Gasteiger partial charge in [0, 0.05) is 24.3 Å². The van der Waals surface area contributed by atoms with Gasteiger partial charge < -0.3 is 15.2 Å². The lowest BCUT2D eigenvalue weighted by Gasteiger charge is -2.24. The van der Waals surface area contributed by atoms with E-state index in [0.29, 0.717) is 17.5 Å². The summed E-state index contributed by atoms with van der Waals surface area (Å²) in [6, 6.07) is 13.6. The number of benzene rings is 2. The third-order valence-electron chi connectivity index (χ3n) is 3.98. The largest absolute Gasteiger partial charge is 0.497 e. The molecule has 0 saturated carbocycles. The lowest BCUT2D eigenvalue weighted by molar-refractivity contribution is 0.260. The molecule has 0 heterocycles. The lowest BCUT2D eigenvalue weighted by atomic mass is 10.00. The first kappa shape index (κ1) is 17.9. The molecule has 0 aliphatic rings. The van der Waals surface area contributed by atoms with Gasteiger partial charge >= 0.3 is 0 Å². The maximum atomic E-state index is 14.2. The first-order chi connectivity index (χ1) is 11.6. The third kappa shape index (κ3) is 4.31. The Morgan fingerprint density at radius 1 is 1.25 bits per heavy atom. The van der Waals surface area contributed by atoms with Gasteiger partial charge in [0.05, 0.1) is 18.7 Å². The van der Waals surface area contributed by atoms with Crippen LogP contribution in [0.4, 0.5) is 4.39 Å². The van der Waals surface area contributed by atoms with E-state index in [2.05, 4.69) is 5.32 Å². The summed E-state index contributed by atoms with van der Waals surface area (Å²) < 4.78 is 19.3. The zero-order valence-corrected chi connectivity index (χ0v) is 13.8. The van der Waals surface area contributed by atoms with E-state index in [1.165, 1.54) is 6.07 Å². The minimum Gasteiger partial charge on any atom is -0.497 e. The SMILES string of the molecule is COc1ccc(C(CCO)NC(C)c2ccc(C#N)cc2F)cc1. The molecule has 0 spiro atoms. The zero-order chi connectivity index (χ0) is 17.5. The van der Waals surface area contributed by atoms with Crippen LogP contribution in [0.5, 0.6) is 5.75 Å². The van der Waals surface area contributed by atoms with Crippen molar-refractivity contribution in [2.24, 2.45) is 0 Å². The molecule has 0 saturated heterocycles. The Kier molecular flexibility index (Phi) is 6.30. The molecule has 24 heavy (non-hydrogen) atoms. The van der Waals surface area contributed by atoms with Gasteiger partial charge in [-0.15, -0.1) is 0 Å². The lowest BCUT2D eigenvalue weighted by Crippen LogP contribution is -2.26. The molecule has 2 aromatic rings. The number of methoxy groups -OCH3 is 1. The van der Waals surface area contributed by atoms with Gasteiger partial charge in [-0.2, -0.15) is 5.26 Å². The van der Waals surface area contributed by atoms with Crippen LogP contribution in [0.1, 0.15) is 42.1 Å². The maximum absolute atomic E-state index is 14.2. The molecule has 4 nitrogen and oxygen atoms in total. The van der Waals surface area contributed by atoms with Crippen LogP contribution in [0, 0.1) is 17.1 Å². The minimum absolute atomic E-state index is 0.0201. The molecule has 2 N–H and O–H groups in total. The monoisotopic (exact) mass is 328 g/mol. The van der Waals surface area contributed by atoms with Crippen LogP contribution >= 0.6 is 0 Å². The molecule has 2 unspecified atom stereocenters. The molecule has 2 rings (SSSR count). The van der Waals surface area contributed by atoms with Gasteiger partial charge in [-0.25, -0.2) is 4.39 Å². The number of hydrogen-bond acceptors (Lipinski definition) is 4. The predicted octanol–water partition coefficient (Wildman–Crippen LogP) is 3.48. The fourth-order valence-corrected chi connectivity index (χ4v) is 2.65. The van der Waals surface area contributed by atoms with Crippen molar-refractivity contribution in [3.05, 3.63) is 65.0 Å². The smallest absolute Gasteiger partial charge is 0.129 e. The standard InChI is InChI=1S/C19H21FN2O2/c1-13(17-8-3-14(12-21)11-18(17)20)22-19(9-10-23)15-4-6-16(24-2)7-5-15/h3-8,11,13,19,22-23H,9-10H2,1-2H3. The highest BCUT2D eigenvalue weighted by Gasteiger charge is 2.18. The summed E-state index contributed by atoms with van der Waals surface area (Å²) in [6.45, 7) is 1.88. The van der Waals surface area contributed by atoms with Crippen molar-refractivity contribution < 1.29 is 14.2 Å². The Labute approximate surface area is 141 Å². The van der Waals surface area contributed by atoms with Gasteiger partial charge in [0.1, 0.15) is 11.6 Å². The van der Waals surface area contributed by atoms with E-state index in [1.54, 1.807) is 19.2 Å². The van der Waals surface area contributed by atoms with Gasteiger partial charge in [-0.3, -0.25) is 0 Å². The van der Waals surface area contributed by atoms with Crippen molar-refractivity contribution in [1.82, 2.24) is 5.32 Å². The topological polar surface area (TPSA) is 65.3 Å². The van der Waals surface area contributed by atoms with Crippen LogP contribution < -0.4 is 10.1 Å². The van der Waals surface area contributed by atoms with E-state index in [4.69, 9.17) is 10.00 Å². The van der Waals surface area contributed by atoms with Gasteiger partial charge in [0.25, 0.3) is 0 Å². The van der Waals surface area contributed by atoms with Gasteiger partial charge in [0.2, 0.25) is 0 Å². The summed E-state index contributed by atoms with van der Waals surface area (Å²) in [5, 5.41) is 21.5. The number of rotatable bonds is 7. The molecule has 126 valence electrons. The molecular formula is C19H21FN2O2. The van der Waals surface area contributed by atoms with Crippen LogP contribution in [-0.2, 0) is 0 Å². The zero-order valence-electron chi connectivity index (χ0n) is 13.8. The fraction of sp³-hybridized carbons (Fsp3) is 0.316. The number of nitriles is 1. The maximum Gasteiger partial charge on any atom is 0.129 e. The average Bonchev–Trinajstić information content (AvgIpc) is 2.61. The Morgan fingerprint density at radius 3 is 2.50 bits per heavy atom. The summed E-state index contributed by atoms with van der Waals surface area (Å²) in [7, 11) is 1.61. The van der Waals surface area contributed by atoms with E-state index in [-0.39, 0.29) is 18.7 Å². The highest BCUT2D eigenvalue weighted by molar-refractivity contribution is 5.34. The van der Waals surface area contributed by atoms with Crippen molar-refractivity contribution in [3.8, 4) is 11.8 Å². The van der Waals surface area contributed by atoms with Crippen LogP contribution in [0.3, 0.4) is 0 Å². The van der Waals surface area contributed by atoms with Crippen molar-refractivity contribution >= 4 is 0 Å². The second kappa shape index (κ2) is 8.44. The highest BCUT2D eigenvalue weighted by atomic mass is 19.1. The van der Waals surface area contributed by atoms with Gasteiger partial charge in [-0.05, 0) is 43.2 Å². The third-order valence-corrected chi connectivity index (χ3v) is 3.98. The van der Waals surface area contributed by atoms with Gasteiger partial charge in [-0.1, -0.05) is 18.2 Å². The Balaban J connectivity index is 2.18. The van der Waals surface area contributed by atoms with E-state index in [1.807, 2.05) is 37.3 Å². The van der Waals surface area contributed by atoms with Crippen LogP contribution in [0.15, 0.2) is 42.5 Å². The van der Waals surface area contributed by atoms with Crippen molar-refractivity contribution in [2.45, 2.75) is 25.4 Å². The number of ether oxygens (including phenoxy) is 1. The number of halogens is 1. The molecular weight excluding hydrogens is 307 g/mol. The molecule has 0 amide bonds. The quantitative estimate of drug-likeness (QED) is 0.817. The molecule has 0 fully saturated rings. The summed E-state index contributed by atoms with van der Waals surface area (Å²) >= 11 is 0. The van der Waals surface area contributed by atoms with Crippen molar-refractivity contribution in [1.29, 1.82) is 5.26 Å². The van der Waals surface area contributed by atoms with Crippen LogP contribution in [-0.4, -0.2) is 18.8 Å². The second-order valence-electron chi connectivity index (χ2n) is 5.57. The molecule has 5 heteroatoms. The normalized spacial score (nSPS) is 13.1. The summed E-state index contributed by atoms with van der Waals surface area (Å²) in [5.41, 5.74) is 1.78. The highest BCUT2D eigenvalue weighted by Crippen LogP contribution is 2.25. The van der Waals surface area contributed by atoms with Crippen molar-refractivity contribution in [3.63, 3.8) is 0 Å². The number of hydrogen-bond donors (Lipinski definition) is 2. The summed E-state index contributed by atoms with van der Waals surface area (Å²) in [4.78, 5) is 0. The summed E-state index contributed by atoms with van der Waals surface area (Å²) in [5.74, 6) is 0.346. The first-order valence-electron chi connectivity index (χ1n) is 7.79. The fourth-order valence-electron chi connectivity index (χ4n) is 2.65. The molecule has 0 aromatic heterocycles. The van der Waals surface area contributed by atoms with E-state index < -0.39 is 5.82 Å². The molecule has 2 atom stereocenters. The Bertz CT molecular complexity index is 710. The van der Waals surface area contributed by atoms with Crippen molar-refractivity contribution in [2.75, 3.05) is 13.7 Å². The van der Waals surface area contributed by atoms with Crippen LogP contribution in [0.2, 0.25) is 0 Å². The Hall–Kier alpha value is -2.42. The molecule has 0 radical (unpaired) electrons. The summed E-state index contributed by atoms with van der Waals surface area (Å²) in [6.07, 6.45) is 0.508. The molecule has 0 aliphatic carbocycles. The molecule has 0 bridgehead atoms. The molecule has 2 aromatic carbocycles. The first-order valence-corrected chi connectivity index (χ1v) is 7.79.